The summed E-state index contributed by atoms with van der Waals surface area (Å²) in [6.07, 6.45) is 0. The average molecular weight is 468 g/mol. The fraction of sp³-hybridized carbons (Fsp3) is 0. The molecule has 0 saturated heterocycles. The topological polar surface area (TPSA) is 0 Å². The van der Waals surface area contributed by atoms with Crippen LogP contribution < -0.4 is 0 Å². The molecule has 5 radical (unpaired) electrons. The molecule has 61 valence electrons. The Balaban J connectivity index is 0. The molecule has 0 fully saturated rings. The molecule has 0 bridgehead atoms. The van der Waals surface area contributed by atoms with Crippen LogP contribution in [0.3, 0.4) is 0 Å². The molecule has 0 aromatic carbocycles. The minimum atomic E-state index is 0. The van der Waals surface area contributed by atoms with Crippen LogP contribution in [0.4, 0.5) is 0 Å². The fourth-order valence-corrected chi connectivity index (χ4v) is 0. The summed E-state index contributed by atoms with van der Waals surface area (Å²) in [5.74, 6) is 0. The summed E-state index contributed by atoms with van der Waals surface area (Å²) >= 11 is 0. The van der Waals surface area contributed by atoms with E-state index in [1.165, 1.54) is 0 Å². The Morgan fingerprint density at radius 1 is 0.333 bits per heavy atom. The van der Waals surface area contributed by atoms with Crippen LogP contribution in [0.1, 0.15) is 0 Å². The maximum atomic E-state index is 0. The molecule has 0 amide bonds. The van der Waals surface area contributed by atoms with Gasteiger partial charge in [-0.05, 0) is 0 Å². The zero-order valence-electron chi connectivity index (χ0n) is 1.92. The summed E-state index contributed by atoms with van der Waals surface area (Å²) in [6.45, 7) is 0. The maximum absolute atomic E-state index is 0. The first-order valence-corrected chi connectivity index (χ1v) is 0. The van der Waals surface area contributed by atoms with Gasteiger partial charge in [-0.1, -0.05) is 0 Å². The van der Waals surface area contributed by atoms with Crippen molar-refractivity contribution in [3.63, 3.8) is 0 Å². The van der Waals surface area contributed by atoms with Gasteiger partial charge in [0.25, 0.3) is 0 Å². The van der Waals surface area contributed by atoms with Crippen molar-refractivity contribution in [1.82, 2.24) is 0 Å². The first-order chi connectivity index (χ1) is 0. The standard InChI is InChI=1S/5Cu.Sm. The van der Waals surface area contributed by atoms with E-state index >= 15 is 0 Å². The SMILES string of the molecule is [Cu].[Cu].[Cu].[Cu].[Cu].[Sm]. The summed E-state index contributed by atoms with van der Waals surface area (Å²) in [6, 6.07) is 0. The molecule has 6 heavy (non-hydrogen) atoms. The second-order valence-corrected chi connectivity index (χ2v) is 0. The Kier molecular flexibility index (Phi) is 310. The molecule has 0 aromatic heterocycles. The van der Waals surface area contributed by atoms with Crippen LogP contribution in [0.5, 0.6) is 0 Å². The van der Waals surface area contributed by atoms with Crippen molar-refractivity contribution < 1.29 is 126 Å². The summed E-state index contributed by atoms with van der Waals surface area (Å²) in [5, 5.41) is 0. The summed E-state index contributed by atoms with van der Waals surface area (Å²) in [5.41, 5.74) is 0. The van der Waals surface area contributed by atoms with Crippen LogP contribution >= 0.6 is 0 Å². The third kappa shape index (κ3) is 24.6. The van der Waals surface area contributed by atoms with Crippen molar-refractivity contribution >= 4 is 0 Å². The second-order valence-electron chi connectivity index (χ2n) is 0. The first-order valence-electron chi connectivity index (χ1n) is 0. The van der Waals surface area contributed by atoms with Crippen LogP contribution in [0, 0.1) is 40.4 Å². The van der Waals surface area contributed by atoms with Crippen LogP contribution in [0.2, 0.25) is 0 Å². The van der Waals surface area contributed by atoms with Gasteiger partial charge in [-0.2, -0.15) is 0 Å². The molecule has 0 spiro atoms. The molecule has 0 saturated carbocycles. The smallest absolute Gasteiger partial charge is 0 e. The molecule has 0 atom stereocenters. The average Bonchev–Trinajstić information content (AvgIpc) is 0. The number of hydrogen-bond donors (Lipinski definition) is 0. The van der Waals surface area contributed by atoms with Crippen molar-refractivity contribution in [3.8, 4) is 0 Å². The predicted molar refractivity (Wildman–Crippen MR) is 0 cm³/mol. The molecule has 0 aromatic rings. The minimum absolute atomic E-state index is 0. The molecule has 0 heterocycles. The zero-order chi connectivity index (χ0) is 0. The quantitative estimate of drug-likeness (QED) is 0.440. The monoisotopic (exact) mass is 467 g/mol. The van der Waals surface area contributed by atoms with Gasteiger partial charge in [-0.15, -0.1) is 0 Å². The van der Waals surface area contributed by atoms with Crippen molar-refractivity contribution in [1.29, 1.82) is 0 Å². The summed E-state index contributed by atoms with van der Waals surface area (Å²) in [7, 11) is 0. The van der Waals surface area contributed by atoms with E-state index in [1.807, 2.05) is 0 Å². The Bertz CT molecular complexity index is 3.90. The van der Waals surface area contributed by atoms with Crippen molar-refractivity contribution in [2.24, 2.45) is 0 Å². The molecule has 0 aliphatic carbocycles. The largest absolute Gasteiger partial charge is 0 e. The van der Waals surface area contributed by atoms with Crippen LogP contribution in [0.15, 0.2) is 0 Å². The van der Waals surface area contributed by atoms with E-state index in [0.29, 0.717) is 0 Å². The normalized spacial score (nSPS) is 0. The molecule has 0 aliphatic rings. The van der Waals surface area contributed by atoms with E-state index < -0.39 is 0 Å². The fourth-order valence-electron chi connectivity index (χ4n) is 0. The molecule has 0 N–H and O–H groups in total. The van der Waals surface area contributed by atoms with E-state index in [0.717, 1.165) is 0 Å². The van der Waals surface area contributed by atoms with Crippen molar-refractivity contribution in [3.05, 3.63) is 0 Å². The number of rotatable bonds is 0. The third-order valence-electron chi connectivity index (χ3n) is 0. The third-order valence-corrected chi connectivity index (χ3v) is 0. The van der Waals surface area contributed by atoms with E-state index in [4.69, 9.17) is 0 Å². The van der Waals surface area contributed by atoms with Gasteiger partial charge >= 0.3 is 0 Å². The Morgan fingerprint density at radius 3 is 0.333 bits per heavy atom. The van der Waals surface area contributed by atoms with E-state index in [2.05, 4.69) is 0 Å². The maximum Gasteiger partial charge on any atom is 0 e. The Hall–Kier alpha value is 3.94. The van der Waals surface area contributed by atoms with Crippen molar-refractivity contribution in [2.75, 3.05) is 0 Å². The van der Waals surface area contributed by atoms with Gasteiger partial charge in [0.2, 0.25) is 0 Å². The number of hydrogen-bond acceptors (Lipinski definition) is 0. The van der Waals surface area contributed by atoms with Gasteiger partial charge in [0, 0.05) is 126 Å². The van der Waals surface area contributed by atoms with Gasteiger partial charge in [0.1, 0.15) is 0 Å². The Morgan fingerprint density at radius 2 is 0.333 bits per heavy atom. The van der Waals surface area contributed by atoms with Gasteiger partial charge in [-0.25, -0.2) is 0 Å². The molecular formula is Cu5Sm. The summed E-state index contributed by atoms with van der Waals surface area (Å²) < 4.78 is 0. The van der Waals surface area contributed by atoms with Gasteiger partial charge in [0.05, 0.1) is 0 Å². The second kappa shape index (κ2) is 36.3. The first kappa shape index (κ1) is 51.2. The van der Waals surface area contributed by atoms with Crippen LogP contribution in [0.25, 0.3) is 0 Å². The van der Waals surface area contributed by atoms with E-state index in [-0.39, 0.29) is 126 Å². The van der Waals surface area contributed by atoms with Crippen LogP contribution in [-0.4, -0.2) is 0 Å². The summed E-state index contributed by atoms with van der Waals surface area (Å²) in [4.78, 5) is 0. The molecule has 0 nitrogen and oxygen atoms in total. The Labute approximate surface area is 123 Å². The molecule has 0 aliphatic heterocycles. The molecule has 0 rings (SSSR count). The van der Waals surface area contributed by atoms with Crippen molar-refractivity contribution in [2.45, 2.75) is 0 Å². The molecule has 0 unspecified atom stereocenters. The predicted octanol–water partition coefficient (Wildman–Crippen LogP) is -0.0125. The van der Waals surface area contributed by atoms with Gasteiger partial charge < -0.3 is 0 Å². The van der Waals surface area contributed by atoms with E-state index in [9.17, 15) is 0 Å². The molecule has 6 heteroatoms. The zero-order valence-corrected chi connectivity index (χ0v) is 9.24. The van der Waals surface area contributed by atoms with Gasteiger partial charge in [-0.3, -0.25) is 0 Å². The minimum Gasteiger partial charge on any atom is 0 e. The van der Waals surface area contributed by atoms with E-state index in [1.54, 1.807) is 0 Å². The van der Waals surface area contributed by atoms with Gasteiger partial charge in [0.15, 0.2) is 0 Å². The molecular weight excluding hydrogens is 468 g/mol. The van der Waals surface area contributed by atoms with Crippen LogP contribution in [-0.2, 0) is 85.3 Å².